The number of likely N-dealkylation sites (N-methyl/N-ethyl adjacent to an activating group) is 1. The van der Waals surface area contributed by atoms with E-state index in [0.717, 1.165) is 0 Å². The van der Waals surface area contributed by atoms with E-state index in [9.17, 15) is 0 Å². The van der Waals surface area contributed by atoms with E-state index in [4.69, 9.17) is 0 Å². The van der Waals surface area contributed by atoms with Crippen molar-refractivity contribution in [2.45, 2.75) is 83.1 Å². The van der Waals surface area contributed by atoms with Crippen LogP contribution in [0, 0.1) is 0 Å². The van der Waals surface area contributed by atoms with E-state index in [1.54, 1.807) is 0 Å². The molecule has 1 N–H and O–H groups in total. The summed E-state index contributed by atoms with van der Waals surface area (Å²) < 4.78 is 0. The summed E-state index contributed by atoms with van der Waals surface area (Å²) in [6.07, 6.45) is 15.4. The van der Waals surface area contributed by atoms with E-state index in [-0.39, 0.29) is 0 Å². The van der Waals surface area contributed by atoms with Crippen molar-refractivity contribution in [3.63, 3.8) is 0 Å². The Morgan fingerprint density at radius 2 is 1.53 bits per heavy atom. The zero-order valence-electron chi connectivity index (χ0n) is 13.6. The normalized spacial score (nSPS) is 18.9. The van der Waals surface area contributed by atoms with Crippen LogP contribution in [0.5, 0.6) is 0 Å². The van der Waals surface area contributed by atoms with Gasteiger partial charge in [-0.15, -0.1) is 0 Å². The first kappa shape index (κ1) is 17.0. The lowest BCUT2D eigenvalue weighted by Crippen LogP contribution is -2.52. The van der Waals surface area contributed by atoms with E-state index in [1.807, 2.05) is 0 Å². The molecule has 0 aliphatic heterocycles. The van der Waals surface area contributed by atoms with Crippen molar-refractivity contribution in [2.24, 2.45) is 0 Å². The van der Waals surface area contributed by atoms with Crippen molar-refractivity contribution in [2.75, 3.05) is 27.2 Å². The molecule has 0 aromatic rings. The van der Waals surface area contributed by atoms with Gasteiger partial charge in [-0.25, -0.2) is 0 Å². The maximum absolute atomic E-state index is 3.73. The smallest absolute Gasteiger partial charge is 0.0327 e. The van der Waals surface area contributed by atoms with E-state index in [1.165, 1.54) is 83.7 Å². The Morgan fingerprint density at radius 1 is 0.895 bits per heavy atom. The first-order valence-corrected chi connectivity index (χ1v) is 8.59. The second kappa shape index (κ2) is 9.77. The SMILES string of the molecule is CCCCCCCCNCC1(N(C)C)CCCCC1. The van der Waals surface area contributed by atoms with Gasteiger partial charge in [0.2, 0.25) is 0 Å². The van der Waals surface area contributed by atoms with Gasteiger partial charge in [0.1, 0.15) is 0 Å². The molecule has 1 saturated carbocycles. The highest BCUT2D eigenvalue weighted by molar-refractivity contribution is 4.92. The molecule has 0 aromatic heterocycles. The molecule has 114 valence electrons. The summed E-state index contributed by atoms with van der Waals surface area (Å²) in [5.41, 5.74) is 0.445. The van der Waals surface area contributed by atoms with Gasteiger partial charge < -0.3 is 10.2 Å². The average Bonchev–Trinajstić information content (AvgIpc) is 2.42. The third-order valence-corrected chi connectivity index (χ3v) is 4.89. The van der Waals surface area contributed by atoms with Gasteiger partial charge in [0.05, 0.1) is 0 Å². The standard InChI is InChI=1S/C17H36N2/c1-4-5-6-7-8-12-15-18-16-17(19(2)3)13-10-9-11-14-17/h18H,4-16H2,1-3H3. The first-order valence-electron chi connectivity index (χ1n) is 8.59. The van der Waals surface area contributed by atoms with Crippen molar-refractivity contribution in [1.29, 1.82) is 0 Å². The van der Waals surface area contributed by atoms with Crippen LogP contribution in [-0.4, -0.2) is 37.6 Å². The van der Waals surface area contributed by atoms with Crippen LogP contribution >= 0.6 is 0 Å². The lowest BCUT2D eigenvalue weighted by Gasteiger charge is -2.43. The van der Waals surface area contributed by atoms with Crippen molar-refractivity contribution in [1.82, 2.24) is 10.2 Å². The second-order valence-corrected chi connectivity index (χ2v) is 6.62. The molecule has 0 aromatic carbocycles. The molecule has 2 heteroatoms. The minimum Gasteiger partial charge on any atom is -0.315 e. The van der Waals surface area contributed by atoms with Crippen LogP contribution in [0.2, 0.25) is 0 Å². The number of nitrogens with one attached hydrogen (secondary N) is 1. The quantitative estimate of drug-likeness (QED) is 0.597. The van der Waals surface area contributed by atoms with Gasteiger partial charge in [-0.3, -0.25) is 0 Å². The van der Waals surface area contributed by atoms with Gasteiger partial charge in [-0.1, -0.05) is 58.3 Å². The van der Waals surface area contributed by atoms with Crippen LogP contribution in [-0.2, 0) is 0 Å². The highest BCUT2D eigenvalue weighted by atomic mass is 15.2. The summed E-state index contributed by atoms with van der Waals surface area (Å²) in [6, 6.07) is 0. The fourth-order valence-corrected chi connectivity index (χ4v) is 3.34. The highest BCUT2D eigenvalue weighted by Crippen LogP contribution is 2.31. The summed E-state index contributed by atoms with van der Waals surface area (Å²) in [6.45, 7) is 4.68. The number of unbranched alkanes of at least 4 members (excludes halogenated alkanes) is 5. The van der Waals surface area contributed by atoms with Crippen LogP contribution in [0.4, 0.5) is 0 Å². The zero-order valence-corrected chi connectivity index (χ0v) is 13.6. The van der Waals surface area contributed by atoms with Crippen LogP contribution in [0.25, 0.3) is 0 Å². The Balaban J connectivity index is 2.08. The number of nitrogens with zero attached hydrogens (tertiary/aromatic N) is 1. The molecule has 1 rings (SSSR count). The van der Waals surface area contributed by atoms with Gasteiger partial charge in [0.15, 0.2) is 0 Å². The molecule has 0 unspecified atom stereocenters. The molecule has 1 aliphatic rings. The van der Waals surface area contributed by atoms with E-state index in [0.29, 0.717) is 5.54 Å². The number of hydrogen-bond donors (Lipinski definition) is 1. The predicted octanol–water partition coefficient (Wildman–Crippen LogP) is 4.20. The van der Waals surface area contributed by atoms with Crippen LogP contribution in [0.15, 0.2) is 0 Å². The molecule has 0 amide bonds. The third kappa shape index (κ3) is 6.27. The Kier molecular flexibility index (Phi) is 8.72. The summed E-state index contributed by atoms with van der Waals surface area (Å²) in [4.78, 5) is 2.47. The summed E-state index contributed by atoms with van der Waals surface area (Å²) >= 11 is 0. The molecular formula is C17H36N2. The lowest BCUT2D eigenvalue weighted by molar-refractivity contribution is 0.0988. The Bertz CT molecular complexity index is 207. The monoisotopic (exact) mass is 268 g/mol. The molecule has 1 aliphatic carbocycles. The summed E-state index contributed by atoms with van der Waals surface area (Å²) in [5, 5.41) is 3.73. The van der Waals surface area contributed by atoms with Gasteiger partial charge in [-0.2, -0.15) is 0 Å². The molecule has 0 saturated heterocycles. The van der Waals surface area contributed by atoms with Gasteiger partial charge in [0, 0.05) is 12.1 Å². The van der Waals surface area contributed by atoms with Gasteiger partial charge >= 0.3 is 0 Å². The molecular weight excluding hydrogens is 232 g/mol. The maximum atomic E-state index is 3.73. The topological polar surface area (TPSA) is 15.3 Å². The van der Waals surface area contributed by atoms with Gasteiger partial charge in [-0.05, 0) is 39.9 Å². The van der Waals surface area contributed by atoms with E-state index < -0.39 is 0 Å². The summed E-state index contributed by atoms with van der Waals surface area (Å²) in [7, 11) is 4.52. The molecule has 2 nitrogen and oxygen atoms in total. The predicted molar refractivity (Wildman–Crippen MR) is 85.7 cm³/mol. The molecule has 19 heavy (non-hydrogen) atoms. The number of hydrogen-bond acceptors (Lipinski definition) is 2. The van der Waals surface area contributed by atoms with E-state index in [2.05, 4.69) is 31.2 Å². The largest absolute Gasteiger partial charge is 0.315 e. The minimum atomic E-state index is 0.445. The molecule has 0 atom stereocenters. The van der Waals surface area contributed by atoms with E-state index >= 15 is 0 Å². The highest BCUT2D eigenvalue weighted by Gasteiger charge is 2.33. The third-order valence-electron chi connectivity index (χ3n) is 4.89. The first-order chi connectivity index (χ1) is 9.21. The number of rotatable bonds is 10. The van der Waals surface area contributed by atoms with Crippen molar-refractivity contribution in [3.05, 3.63) is 0 Å². The zero-order chi connectivity index (χ0) is 14.0. The van der Waals surface area contributed by atoms with Crippen molar-refractivity contribution < 1.29 is 0 Å². The fraction of sp³-hybridized carbons (Fsp3) is 1.00. The Hall–Kier alpha value is -0.0800. The maximum Gasteiger partial charge on any atom is 0.0327 e. The van der Waals surface area contributed by atoms with Gasteiger partial charge in [0.25, 0.3) is 0 Å². The molecule has 0 bridgehead atoms. The Morgan fingerprint density at radius 3 is 2.16 bits per heavy atom. The second-order valence-electron chi connectivity index (χ2n) is 6.62. The minimum absolute atomic E-state index is 0.445. The molecule has 0 heterocycles. The van der Waals surface area contributed by atoms with Crippen molar-refractivity contribution >= 4 is 0 Å². The van der Waals surface area contributed by atoms with Crippen LogP contribution in [0.3, 0.4) is 0 Å². The Labute approximate surface area is 121 Å². The summed E-state index contributed by atoms with van der Waals surface area (Å²) in [5.74, 6) is 0. The lowest BCUT2D eigenvalue weighted by atomic mass is 9.80. The molecule has 1 fully saturated rings. The van der Waals surface area contributed by atoms with Crippen LogP contribution < -0.4 is 5.32 Å². The molecule has 0 radical (unpaired) electrons. The van der Waals surface area contributed by atoms with Crippen molar-refractivity contribution in [3.8, 4) is 0 Å². The van der Waals surface area contributed by atoms with Crippen LogP contribution in [0.1, 0.15) is 77.6 Å². The molecule has 0 spiro atoms. The average molecular weight is 268 g/mol. The fourth-order valence-electron chi connectivity index (χ4n) is 3.34.